The van der Waals surface area contributed by atoms with Crippen molar-refractivity contribution in [2.75, 3.05) is 25.0 Å². The average molecular weight is 302 g/mol. The van der Waals surface area contributed by atoms with Crippen molar-refractivity contribution in [3.63, 3.8) is 0 Å². The molecule has 104 valence electrons. The fraction of sp³-hybridized carbons (Fsp3) is 0.462. The maximum atomic E-state index is 12.0. The second-order valence-corrected chi connectivity index (χ2v) is 5.49. The van der Waals surface area contributed by atoms with Crippen LogP contribution in [0.5, 0.6) is 0 Å². The normalized spacial score (nSPS) is 19.6. The van der Waals surface area contributed by atoms with Gasteiger partial charge in [0.25, 0.3) is 0 Å². The molecule has 4 nitrogen and oxygen atoms in total. The molecule has 1 aliphatic rings. The molecule has 1 fully saturated rings. The van der Waals surface area contributed by atoms with E-state index >= 15 is 0 Å². The summed E-state index contributed by atoms with van der Waals surface area (Å²) >= 11 is 11.7. The first kappa shape index (κ1) is 14.6. The third-order valence-electron chi connectivity index (χ3n) is 3.32. The van der Waals surface area contributed by atoms with Gasteiger partial charge in [0.05, 0.1) is 16.6 Å². The zero-order chi connectivity index (χ0) is 13.8. The van der Waals surface area contributed by atoms with Crippen LogP contribution >= 0.6 is 23.2 Å². The molecule has 3 N–H and O–H groups in total. The average Bonchev–Trinajstić information content (AvgIpc) is 2.81. The number of halogens is 2. The van der Waals surface area contributed by atoms with Crippen LogP contribution in [-0.2, 0) is 4.79 Å². The third kappa shape index (κ3) is 3.83. The Morgan fingerprint density at radius 2 is 2.21 bits per heavy atom. The summed E-state index contributed by atoms with van der Waals surface area (Å²) in [6.45, 7) is 1.89. The van der Waals surface area contributed by atoms with Crippen molar-refractivity contribution in [1.82, 2.24) is 4.90 Å². The first-order valence-electron chi connectivity index (χ1n) is 6.29. The maximum Gasteiger partial charge on any atom is 0.238 e. The van der Waals surface area contributed by atoms with E-state index < -0.39 is 0 Å². The Hall–Kier alpha value is -0.810. The Kier molecular flexibility index (Phi) is 5.05. The van der Waals surface area contributed by atoms with Gasteiger partial charge in [-0.15, -0.1) is 0 Å². The fourth-order valence-corrected chi connectivity index (χ4v) is 2.63. The third-order valence-corrected chi connectivity index (χ3v) is 4.06. The summed E-state index contributed by atoms with van der Waals surface area (Å²) in [6.07, 6.45) is 2.17. The van der Waals surface area contributed by atoms with Gasteiger partial charge in [-0.1, -0.05) is 23.2 Å². The lowest BCUT2D eigenvalue weighted by Crippen LogP contribution is -2.40. The monoisotopic (exact) mass is 301 g/mol. The highest BCUT2D eigenvalue weighted by Crippen LogP contribution is 2.25. The van der Waals surface area contributed by atoms with Gasteiger partial charge in [0.1, 0.15) is 0 Å². The first-order chi connectivity index (χ1) is 9.10. The number of nitrogens with one attached hydrogen (secondary N) is 1. The molecule has 0 saturated carbocycles. The number of hydrogen-bond donors (Lipinski definition) is 2. The van der Waals surface area contributed by atoms with Crippen LogP contribution in [0.25, 0.3) is 0 Å². The lowest BCUT2D eigenvalue weighted by Gasteiger charge is -2.22. The molecule has 1 aliphatic heterocycles. The highest BCUT2D eigenvalue weighted by Gasteiger charge is 2.24. The van der Waals surface area contributed by atoms with E-state index in [1.54, 1.807) is 18.2 Å². The second-order valence-electron chi connectivity index (χ2n) is 4.68. The molecule has 6 heteroatoms. The van der Waals surface area contributed by atoms with E-state index in [0.717, 1.165) is 19.4 Å². The molecule has 0 aromatic heterocycles. The molecule has 19 heavy (non-hydrogen) atoms. The lowest BCUT2D eigenvalue weighted by atomic mass is 10.2. The van der Waals surface area contributed by atoms with Gasteiger partial charge in [0.2, 0.25) is 5.91 Å². The van der Waals surface area contributed by atoms with Crippen molar-refractivity contribution in [2.45, 2.75) is 18.9 Å². The lowest BCUT2D eigenvalue weighted by molar-refractivity contribution is -0.117. The molecule has 1 aromatic carbocycles. The quantitative estimate of drug-likeness (QED) is 0.897. The standard InChI is InChI=1S/C13H17Cl2N3O/c14-11-4-3-9(6-12(11)15)17-13(19)8-18-5-1-2-10(18)7-16/h3-4,6,10H,1-2,5,7-8,16H2,(H,17,19). The molecular weight excluding hydrogens is 285 g/mol. The molecule has 1 amide bonds. The number of rotatable bonds is 4. The van der Waals surface area contributed by atoms with Crippen LogP contribution in [0.3, 0.4) is 0 Å². The van der Waals surface area contributed by atoms with E-state index in [4.69, 9.17) is 28.9 Å². The van der Waals surface area contributed by atoms with Gasteiger partial charge in [0, 0.05) is 18.3 Å². The molecule has 1 aromatic rings. The molecule has 1 heterocycles. The van der Waals surface area contributed by atoms with Gasteiger partial charge in [0.15, 0.2) is 0 Å². The number of benzene rings is 1. The van der Waals surface area contributed by atoms with E-state index in [9.17, 15) is 4.79 Å². The Balaban J connectivity index is 1.92. The van der Waals surface area contributed by atoms with Gasteiger partial charge in [-0.2, -0.15) is 0 Å². The number of anilines is 1. The van der Waals surface area contributed by atoms with Crippen molar-refractivity contribution in [2.24, 2.45) is 5.73 Å². The smallest absolute Gasteiger partial charge is 0.238 e. The number of nitrogens with two attached hydrogens (primary N) is 1. The number of amides is 1. The van der Waals surface area contributed by atoms with Crippen molar-refractivity contribution in [1.29, 1.82) is 0 Å². The van der Waals surface area contributed by atoms with Gasteiger partial charge in [-0.05, 0) is 37.6 Å². The summed E-state index contributed by atoms with van der Waals surface area (Å²) in [7, 11) is 0. The molecule has 0 aliphatic carbocycles. The molecule has 1 atom stereocenters. The van der Waals surface area contributed by atoms with Crippen LogP contribution in [-0.4, -0.2) is 36.5 Å². The molecule has 1 unspecified atom stereocenters. The van der Waals surface area contributed by atoms with Gasteiger partial charge in [-0.3, -0.25) is 9.69 Å². The van der Waals surface area contributed by atoms with Crippen LogP contribution < -0.4 is 11.1 Å². The number of likely N-dealkylation sites (tertiary alicyclic amines) is 1. The van der Waals surface area contributed by atoms with E-state index in [1.165, 1.54) is 0 Å². The highest BCUT2D eigenvalue weighted by atomic mass is 35.5. The Labute approximate surface area is 122 Å². The summed E-state index contributed by atoms with van der Waals surface area (Å²) < 4.78 is 0. The van der Waals surface area contributed by atoms with Crippen LogP contribution in [0.1, 0.15) is 12.8 Å². The molecule has 1 saturated heterocycles. The summed E-state index contributed by atoms with van der Waals surface area (Å²) in [5.41, 5.74) is 6.34. The van der Waals surface area contributed by atoms with E-state index in [0.29, 0.717) is 34.9 Å². The Bertz CT molecular complexity index is 467. The minimum Gasteiger partial charge on any atom is -0.329 e. The number of hydrogen-bond acceptors (Lipinski definition) is 3. The van der Waals surface area contributed by atoms with Gasteiger partial charge < -0.3 is 11.1 Å². The minimum absolute atomic E-state index is 0.0567. The van der Waals surface area contributed by atoms with Crippen LogP contribution in [0.15, 0.2) is 18.2 Å². The molecular formula is C13H17Cl2N3O. The SMILES string of the molecule is NCC1CCCN1CC(=O)Nc1ccc(Cl)c(Cl)c1. The Morgan fingerprint density at radius 3 is 2.89 bits per heavy atom. The van der Waals surface area contributed by atoms with E-state index in [2.05, 4.69) is 10.2 Å². The van der Waals surface area contributed by atoms with Crippen molar-refractivity contribution in [3.8, 4) is 0 Å². The van der Waals surface area contributed by atoms with E-state index in [-0.39, 0.29) is 5.91 Å². The van der Waals surface area contributed by atoms with Crippen molar-refractivity contribution in [3.05, 3.63) is 28.2 Å². The summed E-state index contributed by atoms with van der Waals surface area (Å²) in [6, 6.07) is 5.36. The summed E-state index contributed by atoms with van der Waals surface area (Å²) in [5.74, 6) is -0.0567. The first-order valence-corrected chi connectivity index (χ1v) is 7.05. The van der Waals surface area contributed by atoms with Crippen LogP contribution in [0.4, 0.5) is 5.69 Å². The zero-order valence-corrected chi connectivity index (χ0v) is 12.0. The molecule has 0 bridgehead atoms. The van der Waals surface area contributed by atoms with Gasteiger partial charge in [-0.25, -0.2) is 0 Å². The largest absolute Gasteiger partial charge is 0.329 e. The zero-order valence-electron chi connectivity index (χ0n) is 10.5. The predicted octanol–water partition coefficient (Wildman–Crippen LogP) is 2.36. The van der Waals surface area contributed by atoms with Crippen LogP contribution in [0.2, 0.25) is 10.0 Å². The molecule has 2 rings (SSSR count). The van der Waals surface area contributed by atoms with Crippen molar-refractivity contribution >= 4 is 34.8 Å². The Morgan fingerprint density at radius 1 is 1.42 bits per heavy atom. The number of carbonyl (C=O) groups excluding carboxylic acids is 1. The topological polar surface area (TPSA) is 58.4 Å². The summed E-state index contributed by atoms with van der Waals surface area (Å²) in [4.78, 5) is 14.1. The summed E-state index contributed by atoms with van der Waals surface area (Å²) in [5, 5.41) is 3.72. The molecule has 0 spiro atoms. The predicted molar refractivity (Wildman–Crippen MR) is 78.7 cm³/mol. The van der Waals surface area contributed by atoms with E-state index in [1.807, 2.05) is 0 Å². The number of carbonyl (C=O) groups is 1. The fourth-order valence-electron chi connectivity index (χ4n) is 2.33. The van der Waals surface area contributed by atoms with Gasteiger partial charge >= 0.3 is 0 Å². The molecule has 0 radical (unpaired) electrons. The highest BCUT2D eigenvalue weighted by molar-refractivity contribution is 6.42. The maximum absolute atomic E-state index is 12.0. The minimum atomic E-state index is -0.0567. The second kappa shape index (κ2) is 6.57. The number of nitrogens with zero attached hydrogens (tertiary/aromatic N) is 1. The van der Waals surface area contributed by atoms with Crippen LogP contribution in [0, 0.1) is 0 Å². The van der Waals surface area contributed by atoms with Crippen molar-refractivity contribution < 1.29 is 4.79 Å².